The SMILES string of the molecule is CC(C)(C)OC(=O)CCCCCCCCCCCN. The Morgan fingerprint density at radius 1 is 0.842 bits per heavy atom. The first-order chi connectivity index (χ1) is 8.95. The predicted molar refractivity (Wildman–Crippen MR) is 81.1 cm³/mol. The van der Waals surface area contributed by atoms with E-state index in [4.69, 9.17) is 10.5 Å². The zero-order valence-electron chi connectivity index (χ0n) is 13.2. The molecular formula is C16H33NO2. The van der Waals surface area contributed by atoms with Crippen LogP contribution in [0.5, 0.6) is 0 Å². The van der Waals surface area contributed by atoms with Crippen LogP contribution in [-0.2, 0) is 9.53 Å². The van der Waals surface area contributed by atoms with Gasteiger partial charge >= 0.3 is 5.97 Å². The minimum Gasteiger partial charge on any atom is -0.460 e. The summed E-state index contributed by atoms with van der Waals surface area (Å²) in [6.07, 6.45) is 11.6. The Labute approximate surface area is 119 Å². The van der Waals surface area contributed by atoms with Crippen LogP contribution in [0.25, 0.3) is 0 Å². The lowest BCUT2D eigenvalue weighted by molar-refractivity contribution is -0.154. The Morgan fingerprint density at radius 3 is 1.68 bits per heavy atom. The molecule has 0 aliphatic heterocycles. The number of hydrogen-bond acceptors (Lipinski definition) is 3. The molecule has 0 spiro atoms. The van der Waals surface area contributed by atoms with Gasteiger partial charge in [-0.15, -0.1) is 0 Å². The minimum absolute atomic E-state index is 0.0608. The van der Waals surface area contributed by atoms with E-state index in [1.807, 2.05) is 20.8 Å². The van der Waals surface area contributed by atoms with Crippen LogP contribution in [0.3, 0.4) is 0 Å². The van der Waals surface area contributed by atoms with Crippen molar-refractivity contribution in [2.24, 2.45) is 5.73 Å². The molecule has 0 unspecified atom stereocenters. The molecule has 19 heavy (non-hydrogen) atoms. The standard InChI is InChI=1S/C16H33NO2/c1-16(2,3)19-15(18)13-11-9-7-5-4-6-8-10-12-14-17/h4-14,17H2,1-3H3. The maximum Gasteiger partial charge on any atom is 0.306 e. The maximum atomic E-state index is 11.5. The van der Waals surface area contributed by atoms with E-state index < -0.39 is 0 Å². The number of rotatable bonds is 11. The first-order valence-corrected chi connectivity index (χ1v) is 7.87. The molecule has 3 nitrogen and oxygen atoms in total. The molecule has 0 fully saturated rings. The molecule has 0 aromatic heterocycles. The van der Waals surface area contributed by atoms with Gasteiger partial charge in [-0.3, -0.25) is 4.79 Å². The topological polar surface area (TPSA) is 52.3 Å². The number of carbonyl (C=O) groups excluding carboxylic acids is 1. The number of nitrogens with two attached hydrogens (primary N) is 1. The third kappa shape index (κ3) is 15.4. The predicted octanol–water partition coefficient (Wildman–Crippen LogP) is 4.19. The summed E-state index contributed by atoms with van der Waals surface area (Å²) >= 11 is 0. The molecule has 0 saturated heterocycles. The molecule has 0 atom stereocenters. The summed E-state index contributed by atoms with van der Waals surface area (Å²) in [6, 6.07) is 0. The van der Waals surface area contributed by atoms with Crippen LogP contribution < -0.4 is 5.73 Å². The monoisotopic (exact) mass is 271 g/mol. The summed E-state index contributed by atoms with van der Waals surface area (Å²) in [6.45, 7) is 6.56. The van der Waals surface area contributed by atoms with Gasteiger partial charge in [0.1, 0.15) is 5.60 Å². The lowest BCUT2D eigenvalue weighted by Gasteiger charge is -2.19. The van der Waals surface area contributed by atoms with Crippen LogP contribution in [0, 0.1) is 0 Å². The van der Waals surface area contributed by atoms with E-state index in [0.717, 1.165) is 25.8 Å². The number of carbonyl (C=O) groups is 1. The Hall–Kier alpha value is -0.570. The first kappa shape index (κ1) is 18.4. The van der Waals surface area contributed by atoms with E-state index in [1.165, 1.54) is 38.5 Å². The average Bonchev–Trinajstić information content (AvgIpc) is 2.29. The molecule has 0 bridgehead atoms. The molecule has 3 heteroatoms. The molecule has 114 valence electrons. The number of unbranched alkanes of at least 4 members (excludes halogenated alkanes) is 8. The third-order valence-electron chi connectivity index (χ3n) is 3.01. The van der Waals surface area contributed by atoms with E-state index in [-0.39, 0.29) is 11.6 Å². The number of esters is 1. The number of hydrogen-bond donors (Lipinski definition) is 1. The molecule has 0 aromatic carbocycles. The van der Waals surface area contributed by atoms with E-state index in [1.54, 1.807) is 0 Å². The summed E-state index contributed by atoms with van der Waals surface area (Å²) < 4.78 is 5.27. The Morgan fingerprint density at radius 2 is 1.26 bits per heavy atom. The highest BCUT2D eigenvalue weighted by molar-refractivity contribution is 5.69. The van der Waals surface area contributed by atoms with Crippen molar-refractivity contribution in [2.75, 3.05) is 6.54 Å². The van der Waals surface area contributed by atoms with Crippen molar-refractivity contribution < 1.29 is 9.53 Å². The van der Waals surface area contributed by atoms with Gasteiger partial charge in [0.2, 0.25) is 0 Å². The van der Waals surface area contributed by atoms with Gasteiger partial charge in [0, 0.05) is 6.42 Å². The van der Waals surface area contributed by atoms with E-state index in [2.05, 4.69) is 0 Å². The van der Waals surface area contributed by atoms with Crippen molar-refractivity contribution in [1.29, 1.82) is 0 Å². The molecule has 0 aromatic rings. The molecule has 2 N–H and O–H groups in total. The second kappa shape index (κ2) is 11.3. The van der Waals surface area contributed by atoms with Crippen molar-refractivity contribution in [2.45, 2.75) is 90.6 Å². The van der Waals surface area contributed by atoms with Gasteiger partial charge in [-0.25, -0.2) is 0 Å². The lowest BCUT2D eigenvalue weighted by atomic mass is 10.1. The van der Waals surface area contributed by atoms with Gasteiger partial charge in [0.25, 0.3) is 0 Å². The highest BCUT2D eigenvalue weighted by atomic mass is 16.6. The van der Waals surface area contributed by atoms with Crippen LogP contribution in [0.4, 0.5) is 0 Å². The van der Waals surface area contributed by atoms with Crippen LogP contribution >= 0.6 is 0 Å². The zero-order chi connectivity index (χ0) is 14.6. The number of ether oxygens (including phenoxy) is 1. The van der Waals surface area contributed by atoms with E-state index >= 15 is 0 Å². The summed E-state index contributed by atoms with van der Waals surface area (Å²) in [4.78, 5) is 11.5. The summed E-state index contributed by atoms with van der Waals surface area (Å²) in [5, 5.41) is 0. The molecule has 0 saturated carbocycles. The summed E-state index contributed by atoms with van der Waals surface area (Å²) in [7, 11) is 0. The van der Waals surface area contributed by atoms with Crippen LogP contribution in [0.15, 0.2) is 0 Å². The Bertz CT molecular complexity index is 221. The normalized spacial score (nSPS) is 11.6. The molecule has 0 aliphatic carbocycles. The van der Waals surface area contributed by atoms with Gasteiger partial charge in [0.05, 0.1) is 0 Å². The smallest absolute Gasteiger partial charge is 0.306 e. The van der Waals surface area contributed by atoms with E-state index in [9.17, 15) is 4.79 Å². The minimum atomic E-state index is -0.347. The van der Waals surface area contributed by atoms with Crippen LogP contribution in [-0.4, -0.2) is 18.1 Å². The van der Waals surface area contributed by atoms with Gasteiger partial charge in [-0.05, 0) is 40.2 Å². The molecule has 0 radical (unpaired) electrons. The van der Waals surface area contributed by atoms with Gasteiger partial charge in [-0.1, -0.05) is 44.9 Å². The Kier molecular flexibility index (Phi) is 10.9. The molecule has 0 heterocycles. The van der Waals surface area contributed by atoms with Crippen LogP contribution in [0.1, 0.15) is 85.0 Å². The molecule has 0 amide bonds. The van der Waals surface area contributed by atoms with Crippen molar-refractivity contribution in [3.05, 3.63) is 0 Å². The highest BCUT2D eigenvalue weighted by Gasteiger charge is 2.15. The van der Waals surface area contributed by atoms with Crippen molar-refractivity contribution >= 4 is 5.97 Å². The fourth-order valence-corrected chi connectivity index (χ4v) is 2.04. The van der Waals surface area contributed by atoms with Gasteiger partial charge < -0.3 is 10.5 Å². The largest absolute Gasteiger partial charge is 0.460 e. The van der Waals surface area contributed by atoms with Crippen molar-refractivity contribution in [3.63, 3.8) is 0 Å². The second-order valence-corrected chi connectivity index (χ2v) is 6.31. The fourth-order valence-electron chi connectivity index (χ4n) is 2.04. The summed E-state index contributed by atoms with van der Waals surface area (Å²) in [5.74, 6) is -0.0608. The van der Waals surface area contributed by atoms with E-state index in [0.29, 0.717) is 6.42 Å². The fraction of sp³-hybridized carbons (Fsp3) is 0.938. The summed E-state index contributed by atoms with van der Waals surface area (Å²) in [5.41, 5.74) is 5.10. The Balaban J connectivity index is 3.21. The first-order valence-electron chi connectivity index (χ1n) is 7.87. The second-order valence-electron chi connectivity index (χ2n) is 6.31. The molecule has 0 aliphatic rings. The zero-order valence-corrected chi connectivity index (χ0v) is 13.2. The molecular weight excluding hydrogens is 238 g/mol. The maximum absolute atomic E-state index is 11.5. The molecule has 0 rings (SSSR count). The lowest BCUT2D eigenvalue weighted by Crippen LogP contribution is -2.23. The van der Waals surface area contributed by atoms with Crippen LogP contribution in [0.2, 0.25) is 0 Å². The third-order valence-corrected chi connectivity index (χ3v) is 3.01. The van der Waals surface area contributed by atoms with Gasteiger partial charge in [0.15, 0.2) is 0 Å². The quantitative estimate of drug-likeness (QED) is 0.453. The van der Waals surface area contributed by atoms with Crippen molar-refractivity contribution in [1.82, 2.24) is 0 Å². The average molecular weight is 271 g/mol. The van der Waals surface area contributed by atoms with Gasteiger partial charge in [-0.2, -0.15) is 0 Å². The highest BCUT2D eigenvalue weighted by Crippen LogP contribution is 2.13. The van der Waals surface area contributed by atoms with Crippen molar-refractivity contribution in [3.8, 4) is 0 Å².